The van der Waals surface area contributed by atoms with Gasteiger partial charge < -0.3 is 14.6 Å². The highest BCUT2D eigenvalue weighted by atomic mass is 32.1. The second kappa shape index (κ2) is 11.8. The highest BCUT2D eigenvalue weighted by Crippen LogP contribution is 2.32. The Morgan fingerprint density at radius 3 is 2.68 bits per heavy atom. The molecule has 1 amide bonds. The van der Waals surface area contributed by atoms with Gasteiger partial charge in [0.1, 0.15) is 10.8 Å². The third-order valence-corrected chi connectivity index (χ3v) is 8.04. The zero-order valence-electron chi connectivity index (χ0n) is 22.3. The molecule has 3 aromatic heterocycles. The summed E-state index contributed by atoms with van der Waals surface area (Å²) < 4.78 is 7.51. The third kappa shape index (κ3) is 5.89. The fraction of sp³-hybridized carbons (Fsp3) is 0.323. The van der Waals surface area contributed by atoms with E-state index >= 15 is 0 Å². The number of ether oxygens (including phenoxy) is 1. The average Bonchev–Trinajstić information content (AvgIpc) is 3.55. The Bertz CT molecular complexity index is 1430. The maximum Gasteiger partial charge on any atom is 0.253 e. The lowest BCUT2D eigenvalue weighted by atomic mass is 9.97. The van der Waals surface area contributed by atoms with E-state index in [0.717, 1.165) is 63.9 Å². The van der Waals surface area contributed by atoms with Gasteiger partial charge in [-0.05, 0) is 81.8 Å². The van der Waals surface area contributed by atoms with Crippen LogP contribution in [0.3, 0.4) is 0 Å². The molecule has 1 aliphatic rings. The summed E-state index contributed by atoms with van der Waals surface area (Å²) in [7, 11) is 1.67. The molecule has 0 aliphatic heterocycles. The fourth-order valence-electron chi connectivity index (χ4n) is 4.89. The molecule has 1 N–H and O–H groups in total. The average molecular weight is 527 g/mol. The lowest BCUT2D eigenvalue weighted by molar-refractivity contribution is 0.0953. The van der Waals surface area contributed by atoms with Crippen molar-refractivity contribution in [1.29, 1.82) is 0 Å². The zero-order valence-corrected chi connectivity index (χ0v) is 23.1. The zero-order chi connectivity index (χ0) is 26.5. The molecule has 3 heterocycles. The molecule has 0 saturated carbocycles. The van der Waals surface area contributed by atoms with E-state index in [0.29, 0.717) is 18.7 Å². The molecule has 5 rings (SSSR count). The molecule has 0 radical (unpaired) electrons. The fourth-order valence-corrected chi connectivity index (χ4v) is 5.69. The molecule has 0 unspecified atom stereocenters. The predicted molar refractivity (Wildman–Crippen MR) is 154 cm³/mol. The van der Waals surface area contributed by atoms with Crippen molar-refractivity contribution in [3.05, 3.63) is 88.2 Å². The second-order valence-electron chi connectivity index (χ2n) is 9.80. The molecule has 6 nitrogen and oxygen atoms in total. The molecule has 0 fully saturated rings. The minimum absolute atomic E-state index is 0.0353. The number of aromatic nitrogens is 3. The van der Waals surface area contributed by atoms with Gasteiger partial charge in [0, 0.05) is 41.6 Å². The predicted octanol–water partition coefficient (Wildman–Crippen LogP) is 6.97. The van der Waals surface area contributed by atoms with Crippen LogP contribution in [-0.4, -0.2) is 34.1 Å². The first kappa shape index (κ1) is 25.9. The Morgan fingerprint density at radius 2 is 1.97 bits per heavy atom. The van der Waals surface area contributed by atoms with E-state index in [1.54, 1.807) is 18.4 Å². The lowest BCUT2D eigenvalue weighted by Gasteiger charge is -2.13. The molecule has 1 aliphatic carbocycles. The summed E-state index contributed by atoms with van der Waals surface area (Å²) in [5.74, 6) is 0.786. The van der Waals surface area contributed by atoms with E-state index < -0.39 is 0 Å². The molecular weight excluding hydrogens is 492 g/mol. The van der Waals surface area contributed by atoms with Gasteiger partial charge in [-0.3, -0.25) is 9.78 Å². The van der Waals surface area contributed by atoms with Crippen molar-refractivity contribution in [3.63, 3.8) is 0 Å². The lowest BCUT2D eigenvalue weighted by Crippen LogP contribution is -2.25. The van der Waals surface area contributed by atoms with Gasteiger partial charge in [0.2, 0.25) is 0 Å². The van der Waals surface area contributed by atoms with Gasteiger partial charge in [0.05, 0.1) is 24.1 Å². The monoisotopic (exact) mass is 526 g/mol. The second-order valence-corrected chi connectivity index (χ2v) is 10.7. The van der Waals surface area contributed by atoms with E-state index in [-0.39, 0.29) is 5.91 Å². The molecule has 38 heavy (non-hydrogen) atoms. The summed E-state index contributed by atoms with van der Waals surface area (Å²) >= 11 is 1.59. The first-order chi connectivity index (χ1) is 18.5. The molecule has 1 aromatic carbocycles. The summed E-state index contributed by atoms with van der Waals surface area (Å²) in [4.78, 5) is 22.7. The third-order valence-electron chi connectivity index (χ3n) is 7.15. The summed E-state index contributed by atoms with van der Waals surface area (Å²) in [6.45, 7) is 5.28. The van der Waals surface area contributed by atoms with Crippen molar-refractivity contribution in [2.45, 2.75) is 52.5 Å². The van der Waals surface area contributed by atoms with Crippen molar-refractivity contribution < 1.29 is 9.53 Å². The Kier molecular flexibility index (Phi) is 8.03. The van der Waals surface area contributed by atoms with Crippen LogP contribution < -0.4 is 10.1 Å². The molecular formula is C31H34N4O2S. The van der Waals surface area contributed by atoms with Gasteiger partial charge in [-0.1, -0.05) is 23.8 Å². The number of nitrogens with zero attached hydrogens (tertiary/aromatic N) is 3. The van der Waals surface area contributed by atoms with Gasteiger partial charge in [-0.15, -0.1) is 11.3 Å². The Labute approximate surface area is 228 Å². The number of nitrogens with one attached hydrogen (secondary N) is 1. The number of carbonyl (C=O) groups excluding carboxylic acids is 1. The number of rotatable bonds is 9. The normalized spacial score (nSPS) is 13.3. The number of allylic oxidation sites excluding steroid dienone is 1. The first-order valence-electron chi connectivity index (χ1n) is 13.2. The van der Waals surface area contributed by atoms with Gasteiger partial charge in [-0.2, -0.15) is 0 Å². The number of thiazole rings is 1. The van der Waals surface area contributed by atoms with Crippen molar-refractivity contribution in [2.24, 2.45) is 0 Å². The van der Waals surface area contributed by atoms with Crippen molar-refractivity contribution in [2.75, 3.05) is 13.7 Å². The Balaban J connectivity index is 1.43. The van der Waals surface area contributed by atoms with E-state index in [2.05, 4.69) is 38.5 Å². The van der Waals surface area contributed by atoms with Gasteiger partial charge in [0.15, 0.2) is 0 Å². The van der Waals surface area contributed by atoms with E-state index in [9.17, 15) is 4.79 Å². The van der Waals surface area contributed by atoms with Gasteiger partial charge >= 0.3 is 0 Å². The maximum absolute atomic E-state index is 13.3. The van der Waals surface area contributed by atoms with Crippen LogP contribution in [0.2, 0.25) is 0 Å². The summed E-state index contributed by atoms with van der Waals surface area (Å²) in [5.41, 5.74) is 7.97. The number of hydrogen-bond acceptors (Lipinski definition) is 5. The summed E-state index contributed by atoms with van der Waals surface area (Å²) in [6, 6.07) is 14.1. The van der Waals surface area contributed by atoms with Gasteiger partial charge in [-0.25, -0.2) is 4.98 Å². The van der Waals surface area contributed by atoms with E-state index in [1.165, 1.54) is 18.4 Å². The molecule has 196 valence electrons. The van der Waals surface area contributed by atoms with Crippen LogP contribution in [0.5, 0.6) is 5.75 Å². The Hall–Kier alpha value is -3.71. The SMILES string of the molecule is COc1ccc(Cn2c(-c3csc(-c4ccc(C)nc4)n3)cc(C(=O)NCCC3=CCCCC3)c2C)cc1. The van der Waals surface area contributed by atoms with Crippen molar-refractivity contribution in [1.82, 2.24) is 19.9 Å². The minimum atomic E-state index is -0.0353. The van der Waals surface area contributed by atoms with Crippen LogP contribution in [0.25, 0.3) is 22.0 Å². The highest BCUT2D eigenvalue weighted by molar-refractivity contribution is 7.13. The molecule has 0 atom stereocenters. The number of carbonyl (C=O) groups is 1. The molecule has 4 aromatic rings. The van der Waals surface area contributed by atoms with Crippen LogP contribution >= 0.6 is 11.3 Å². The number of amides is 1. The molecule has 7 heteroatoms. The van der Waals surface area contributed by atoms with Crippen molar-refractivity contribution >= 4 is 17.2 Å². The number of aryl methyl sites for hydroxylation is 1. The van der Waals surface area contributed by atoms with Crippen LogP contribution in [0.1, 0.15) is 59.4 Å². The van der Waals surface area contributed by atoms with E-state index in [1.807, 2.05) is 50.4 Å². The standard InChI is InChI=1S/C31H34N4O2S/c1-21-9-12-25(18-33-21)31-34-28(20-38-31)29-17-27(30(36)32-16-15-23-7-5-4-6-8-23)22(2)35(29)19-24-10-13-26(37-3)14-11-24/h7,9-14,17-18,20H,4-6,8,15-16,19H2,1-3H3,(H,32,36). The van der Waals surface area contributed by atoms with Crippen LogP contribution in [0.4, 0.5) is 0 Å². The van der Waals surface area contributed by atoms with E-state index in [4.69, 9.17) is 9.72 Å². The minimum Gasteiger partial charge on any atom is -0.497 e. The molecule has 0 saturated heterocycles. The highest BCUT2D eigenvalue weighted by Gasteiger charge is 2.21. The number of benzene rings is 1. The van der Waals surface area contributed by atoms with Gasteiger partial charge in [0.25, 0.3) is 5.91 Å². The topological polar surface area (TPSA) is 69.0 Å². The van der Waals surface area contributed by atoms with Crippen LogP contribution in [-0.2, 0) is 6.54 Å². The quantitative estimate of drug-likeness (QED) is 0.239. The smallest absolute Gasteiger partial charge is 0.253 e. The maximum atomic E-state index is 13.3. The van der Waals surface area contributed by atoms with Crippen LogP contribution in [0.15, 0.2) is 65.7 Å². The number of methoxy groups -OCH3 is 1. The van der Waals surface area contributed by atoms with Crippen LogP contribution in [0, 0.1) is 13.8 Å². The first-order valence-corrected chi connectivity index (χ1v) is 14.1. The number of pyridine rings is 1. The molecule has 0 bridgehead atoms. The summed E-state index contributed by atoms with van der Waals surface area (Å²) in [5, 5.41) is 6.13. The number of hydrogen-bond donors (Lipinski definition) is 1. The van der Waals surface area contributed by atoms with Crippen molar-refractivity contribution in [3.8, 4) is 27.7 Å². The summed E-state index contributed by atoms with van der Waals surface area (Å²) in [6.07, 6.45) is 9.97. The molecule has 0 spiro atoms. The largest absolute Gasteiger partial charge is 0.497 e. The Morgan fingerprint density at radius 1 is 1.13 bits per heavy atom.